The Labute approximate surface area is 98.6 Å². The van der Waals surface area contributed by atoms with Crippen LogP contribution in [0.25, 0.3) is 0 Å². The largest absolute Gasteiger partial charge is 0.481 e. The van der Waals surface area contributed by atoms with Crippen LogP contribution in [0.15, 0.2) is 18.7 Å². The smallest absolute Gasteiger partial charge is 0.397 e. The molecule has 3 N–H and O–H groups in total. The van der Waals surface area contributed by atoms with Crippen molar-refractivity contribution in [3.05, 3.63) is 18.7 Å². The summed E-state index contributed by atoms with van der Waals surface area (Å²) in [5.74, 6) is -0.943. The van der Waals surface area contributed by atoms with E-state index in [9.17, 15) is 13.2 Å². The summed E-state index contributed by atoms with van der Waals surface area (Å²) in [6.07, 6.45) is 5.66. The highest BCUT2D eigenvalue weighted by Gasteiger charge is 2.03. The van der Waals surface area contributed by atoms with Crippen LogP contribution in [0.2, 0.25) is 0 Å². The van der Waals surface area contributed by atoms with E-state index in [4.69, 9.17) is 9.66 Å². The average molecular weight is 266 g/mol. The number of H-pyrrole nitrogens is 1. The summed E-state index contributed by atoms with van der Waals surface area (Å²) in [4.78, 5) is 16.4. The number of hydrogen-bond acceptors (Lipinski definition) is 5. The Morgan fingerprint density at radius 3 is 2.47 bits per heavy atom. The van der Waals surface area contributed by atoms with Gasteiger partial charge in [0.05, 0.1) is 12.9 Å². The second-order valence-electron chi connectivity index (χ2n) is 2.86. The number of nitrogens with zero attached hydrogens (tertiary/aromatic N) is 1. The van der Waals surface area contributed by atoms with Crippen LogP contribution in [0.3, 0.4) is 0 Å². The van der Waals surface area contributed by atoms with Crippen LogP contribution in [-0.4, -0.2) is 40.6 Å². The molecule has 1 aromatic rings. The lowest BCUT2D eigenvalue weighted by Crippen LogP contribution is -2.05. The van der Waals surface area contributed by atoms with Gasteiger partial charge in [0.15, 0.2) is 0 Å². The quantitative estimate of drug-likeness (QED) is 0.504. The van der Waals surface area contributed by atoms with Gasteiger partial charge in [-0.2, -0.15) is 8.42 Å². The minimum atomic E-state index is -4.37. The van der Waals surface area contributed by atoms with Crippen molar-refractivity contribution >= 4 is 16.4 Å². The van der Waals surface area contributed by atoms with Gasteiger partial charge in [-0.3, -0.25) is 9.35 Å². The van der Waals surface area contributed by atoms with Gasteiger partial charge in [0.1, 0.15) is 0 Å². The lowest BCUT2D eigenvalue weighted by atomic mass is 10.2. The molecule has 1 rings (SSSR count). The predicted molar refractivity (Wildman–Crippen MR) is 57.6 cm³/mol. The van der Waals surface area contributed by atoms with E-state index in [1.807, 2.05) is 0 Å². The zero-order valence-corrected chi connectivity index (χ0v) is 9.76. The lowest BCUT2D eigenvalue weighted by Gasteiger charge is -1.97. The third kappa shape index (κ3) is 14.6. The van der Waals surface area contributed by atoms with Gasteiger partial charge in [-0.05, 0) is 12.8 Å². The molecule has 0 unspecified atom stereocenters. The Kier molecular flexibility index (Phi) is 7.93. The number of nitrogens with one attached hydrogen (secondary N) is 1. The predicted octanol–water partition coefficient (Wildman–Crippen LogP) is 0.470. The first-order chi connectivity index (χ1) is 7.92. The fourth-order valence-corrected chi connectivity index (χ4v) is 1.09. The summed E-state index contributed by atoms with van der Waals surface area (Å²) in [7, 11) is -4.37. The molecule has 17 heavy (non-hydrogen) atoms. The number of unbranched alkanes of at least 4 members (excludes halogenated alkanes) is 1. The van der Waals surface area contributed by atoms with Crippen LogP contribution in [0, 0.1) is 0 Å². The van der Waals surface area contributed by atoms with Crippen molar-refractivity contribution in [2.24, 2.45) is 0 Å². The van der Waals surface area contributed by atoms with Crippen LogP contribution < -0.4 is 0 Å². The highest BCUT2D eigenvalue weighted by molar-refractivity contribution is 7.80. The first-order valence-electron chi connectivity index (χ1n) is 4.68. The summed E-state index contributed by atoms with van der Waals surface area (Å²) in [6, 6.07) is 0. The number of aliphatic carboxylic acids is 1. The Balaban J connectivity index is 0.000000419. The zero-order valence-electron chi connectivity index (χ0n) is 8.94. The molecule has 0 radical (unpaired) electrons. The SMILES string of the molecule is O=C(O)CCCCOS(=O)(=O)O.c1c[nH]cn1. The van der Waals surface area contributed by atoms with Crippen LogP contribution >= 0.6 is 0 Å². The summed E-state index contributed by atoms with van der Waals surface area (Å²) in [5, 5.41) is 8.16. The lowest BCUT2D eigenvalue weighted by molar-refractivity contribution is -0.137. The number of carboxylic acids is 1. The van der Waals surface area contributed by atoms with Crippen molar-refractivity contribution in [1.82, 2.24) is 9.97 Å². The Morgan fingerprint density at radius 2 is 2.12 bits per heavy atom. The number of hydrogen-bond donors (Lipinski definition) is 3. The van der Waals surface area contributed by atoms with Gasteiger partial charge in [-0.1, -0.05) is 0 Å². The topological polar surface area (TPSA) is 130 Å². The Morgan fingerprint density at radius 1 is 1.41 bits per heavy atom. The second-order valence-corrected chi connectivity index (χ2v) is 3.95. The molecular weight excluding hydrogens is 252 g/mol. The molecule has 9 heteroatoms. The number of carboxylic acid groups (broad SMARTS) is 1. The average Bonchev–Trinajstić information content (AvgIpc) is 2.72. The van der Waals surface area contributed by atoms with E-state index in [0.29, 0.717) is 6.42 Å². The normalized spacial score (nSPS) is 10.4. The summed E-state index contributed by atoms with van der Waals surface area (Å²) in [5.41, 5.74) is 0. The molecule has 0 saturated carbocycles. The minimum absolute atomic E-state index is 0.0329. The van der Waals surface area contributed by atoms with Crippen molar-refractivity contribution < 1.29 is 27.1 Å². The highest BCUT2D eigenvalue weighted by Crippen LogP contribution is 1.97. The fourth-order valence-electron chi connectivity index (χ4n) is 0.758. The van der Waals surface area contributed by atoms with Crippen LogP contribution in [-0.2, 0) is 19.4 Å². The molecule has 0 aliphatic heterocycles. The molecule has 1 aromatic heterocycles. The first-order valence-corrected chi connectivity index (χ1v) is 6.04. The van der Waals surface area contributed by atoms with Crippen molar-refractivity contribution in [3.8, 4) is 0 Å². The fraction of sp³-hybridized carbons (Fsp3) is 0.500. The summed E-state index contributed by atoms with van der Waals surface area (Å²) in [6.45, 7) is -0.188. The highest BCUT2D eigenvalue weighted by atomic mass is 32.3. The van der Waals surface area contributed by atoms with Gasteiger partial charge in [-0.25, -0.2) is 9.17 Å². The van der Waals surface area contributed by atoms with Crippen LogP contribution in [0.4, 0.5) is 0 Å². The number of carbonyl (C=O) groups is 1. The maximum atomic E-state index is 9.95. The Hall–Kier alpha value is -1.45. The van der Waals surface area contributed by atoms with E-state index < -0.39 is 16.4 Å². The number of aromatic amines is 1. The van der Waals surface area contributed by atoms with E-state index in [1.165, 1.54) is 0 Å². The molecule has 98 valence electrons. The summed E-state index contributed by atoms with van der Waals surface area (Å²) >= 11 is 0. The Bertz CT molecular complexity index is 371. The third-order valence-corrected chi connectivity index (χ3v) is 1.89. The van der Waals surface area contributed by atoms with Crippen molar-refractivity contribution in [1.29, 1.82) is 0 Å². The molecule has 0 fully saturated rings. The number of aromatic nitrogens is 2. The van der Waals surface area contributed by atoms with Crippen molar-refractivity contribution in [2.75, 3.05) is 6.61 Å². The molecule has 0 bridgehead atoms. The molecule has 0 spiro atoms. The molecule has 0 aromatic carbocycles. The van der Waals surface area contributed by atoms with Gasteiger partial charge in [0.25, 0.3) is 0 Å². The molecule has 0 aliphatic carbocycles. The molecule has 0 amide bonds. The molecule has 0 saturated heterocycles. The number of rotatable bonds is 6. The van der Waals surface area contributed by atoms with E-state index in [2.05, 4.69) is 14.2 Å². The number of imidazole rings is 1. The summed E-state index contributed by atoms with van der Waals surface area (Å²) < 4.78 is 31.9. The van der Waals surface area contributed by atoms with Crippen LogP contribution in [0.5, 0.6) is 0 Å². The van der Waals surface area contributed by atoms with Gasteiger partial charge < -0.3 is 10.1 Å². The van der Waals surface area contributed by atoms with E-state index in [0.717, 1.165) is 0 Å². The zero-order chi connectivity index (χ0) is 13.1. The van der Waals surface area contributed by atoms with E-state index in [-0.39, 0.29) is 19.4 Å². The van der Waals surface area contributed by atoms with Gasteiger partial charge in [0.2, 0.25) is 0 Å². The van der Waals surface area contributed by atoms with Gasteiger partial charge >= 0.3 is 16.4 Å². The molecule has 0 aliphatic rings. The molecular formula is C8H14N2O6S. The van der Waals surface area contributed by atoms with Crippen molar-refractivity contribution in [3.63, 3.8) is 0 Å². The standard InChI is InChI=1S/C5H10O6S.C3H4N2/c6-5(7)3-1-2-4-11-12(8,9)10;1-2-5-3-4-1/h1-4H2,(H,6,7)(H,8,9,10);1-3H,(H,4,5). The molecule has 0 atom stereocenters. The van der Waals surface area contributed by atoms with E-state index >= 15 is 0 Å². The van der Waals surface area contributed by atoms with Crippen LogP contribution in [0.1, 0.15) is 19.3 Å². The van der Waals surface area contributed by atoms with Gasteiger partial charge in [0, 0.05) is 18.8 Å². The van der Waals surface area contributed by atoms with Crippen molar-refractivity contribution in [2.45, 2.75) is 19.3 Å². The third-order valence-electron chi connectivity index (χ3n) is 1.42. The van der Waals surface area contributed by atoms with E-state index in [1.54, 1.807) is 18.7 Å². The monoisotopic (exact) mass is 266 g/mol. The van der Waals surface area contributed by atoms with Gasteiger partial charge in [-0.15, -0.1) is 0 Å². The molecule has 8 nitrogen and oxygen atoms in total. The maximum Gasteiger partial charge on any atom is 0.397 e. The minimum Gasteiger partial charge on any atom is -0.481 e. The second kappa shape index (κ2) is 8.67. The maximum absolute atomic E-state index is 9.95. The first kappa shape index (κ1) is 15.6. The molecule has 1 heterocycles.